The van der Waals surface area contributed by atoms with Gasteiger partial charge in [-0.25, -0.2) is 18.4 Å². The van der Waals surface area contributed by atoms with Crippen molar-refractivity contribution in [1.82, 2.24) is 9.97 Å². The molecule has 34 heavy (non-hydrogen) atoms. The molecule has 1 aliphatic rings. The van der Waals surface area contributed by atoms with Crippen molar-refractivity contribution in [3.63, 3.8) is 0 Å². The smallest absolute Gasteiger partial charge is 0.366 e. The summed E-state index contributed by atoms with van der Waals surface area (Å²) < 4.78 is 69.9. The Balaban J connectivity index is 1.79. The second-order valence-electron chi connectivity index (χ2n) is 7.93. The largest absolute Gasteiger partial charge is 0.433 e. The van der Waals surface area contributed by atoms with Gasteiger partial charge in [0.2, 0.25) is 5.60 Å². The molecule has 1 saturated carbocycles. The highest BCUT2D eigenvalue weighted by molar-refractivity contribution is 7.92. The van der Waals surface area contributed by atoms with Crippen LogP contribution in [0.4, 0.5) is 18.9 Å². The van der Waals surface area contributed by atoms with Gasteiger partial charge in [0.05, 0.1) is 16.1 Å². The molecule has 1 fully saturated rings. The third-order valence-corrected chi connectivity index (χ3v) is 7.17. The Morgan fingerprint density at radius 2 is 1.71 bits per heavy atom. The van der Waals surface area contributed by atoms with E-state index in [4.69, 9.17) is 0 Å². The number of halogens is 3. The van der Waals surface area contributed by atoms with E-state index in [9.17, 15) is 26.7 Å². The van der Waals surface area contributed by atoms with E-state index in [1.807, 2.05) is 5.92 Å². The fourth-order valence-electron chi connectivity index (χ4n) is 3.32. The van der Waals surface area contributed by atoms with Gasteiger partial charge >= 0.3 is 6.18 Å². The summed E-state index contributed by atoms with van der Waals surface area (Å²) in [5.41, 5.74) is -4.03. The van der Waals surface area contributed by atoms with Gasteiger partial charge in [0, 0.05) is 24.5 Å². The molecule has 1 aromatic heterocycles. The van der Waals surface area contributed by atoms with Crippen molar-refractivity contribution in [3.8, 4) is 11.8 Å². The van der Waals surface area contributed by atoms with Crippen molar-refractivity contribution in [2.24, 2.45) is 5.92 Å². The van der Waals surface area contributed by atoms with Gasteiger partial charge in [-0.15, -0.1) is 0 Å². The van der Waals surface area contributed by atoms with Crippen LogP contribution in [-0.4, -0.2) is 36.2 Å². The summed E-state index contributed by atoms with van der Waals surface area (Å²) in [5, 5.41) is 10.7. The number of rotatable bonds is 6. The highest BCUT2D eigenvalue weighted by Gasteiger charge is 2.54. The Bertz CT molecular complexity index is 1320. The molecule has 0 bridgehead atoms. The molecule has 6 nitrogen and oxygen atoms in total. The van der Waals surface area contributed by atoms with E-state index < -0.39 is 27.4 Å². The van der Waals surface area contributed by atoms with Gasteiger partial charge in [-0.05, 0) is 48.9 Å². The van der Waals surface area contributed by atoms with Gasteiger partial charge in [-0.1, -0.05) is 36.3 Å². The molecule has 0 radical (unpaired) electrons. The lowest BCUT2D eigenvalue weighted by atomic mass is 9.93. The Morgan fingerprint density at radius 3 is 2.32 bits per heavy atom. The third-order valence-electron chi connectivity index (χ3n) is 5.36. The number of hydrogen-bond donors (Lipinski definition) is 1. The minimum Gasteiger partial charge on any atom is -0.366 e. The van der Waals surface area contributed by atoms with Crippen LogP contribution in [0.1, 0.15) is 24.0 Å². The van der Waals surface area contributed by atoms with Crippen LogP contribution in [0.15, 0.2) is 78.2 Å². The number of aromatic nitrogens is 2. The number of anilines is 1. The molecule has 0 saturated heterocycles. The maximum absolute atomic E-state index is 14.0. The molecule has 1 aliphatic carbocycles. The van der Waals surface area contributed by atoms with Crippen molar-refractivity contribution in [2.45, 2.75) is 29.5 Å². The second-order valence-corrected chi connectivity index (χ2v) is 9.79. The van der Waals surface area contributed by atoms with Gasteiger partial charge in [-0.3, -0.25) is 4.31 Å². The van der Waals surface area contributed by atoms with Crippen LogP contribution in [0, 0.1) is 17.8 Å². The quantitative estimate of drug-likeness (QED) is 0.534. The summed E-state index contributed by atoms with van der Waals surface area (Å²) >= 11 is 0. The van der Waals surface area contributed by atoms with Crippen molar-refractivity contribution >= 4 is 15.7 Å². The second kappa shape index (κ2) is 9.08. The van der Waals surface area contributed by atoms with Crippen molar-refractivity contribution < 1.29 is 26.7 Å². The van der Waals surface area contributed by atoms with Gasteiger partial charge in [0.15, 0.2) is 0 Å². The van der Waals surface area contributed by atoms with Crippen molar-refractivity contribution in [2.75, 3.05) is 10.8 Å². The summed E-state index contributed by atoms with van der Waals surface area (Å²) in [6.07, 6.45) is 0.142. The standard InChI is InChI=1S/C24H20F3N3O3S/c25-24(26,27)23(31,12-11-19-14-28-17-29-15-19)20-5-4-6-21(13-20)30(16-18-9-10-18)34(32,33)22-7-2-1-3-8-22/h1-8,13-15,17-18,31H,9-10,16H2. The lowest BCUT2D eigenvalue weighted by Crippen LogP contribution is -2.41. The minimum atomic E-state index is -5.16. The number of aliphatic hydroxyl groups is 1. The van der Waals surface area contributed by atoms with E-state index in [2.05, 4.69) is 15.9 Å². The molecule has 2 aromatic carbocycles. The fourth-order valence-corrected chi connectivity index (χ4v) is 4.87. The number of benzene rings is 2. The van der Waals surface area contributed by atoms with Gasteiger partial charge in [-0.2, -0.15) is 13.2 Å². The van der Waals surface area contributed by atoms with Crippen LogP contribution >= 0.6 is 0 Å². The third kappa shape index (κ3) is 4.90. The number of hydrogen-bond acceptors (Lipinski definition) is 5. The summed E-state index contributed by atoms with van der Waals surface area (Å²) in [6, 6.07) is 12.4. The first-order valence-electron chi connectivity index (χ1n) is 10.4. The Labute approximate surface area is 195 Å². The molecule has 1 heterocycles. The molecule has 0 aliphatic heterocycles. The Kier molecular flexibility index (Phi) is 6.34. The normalized spacial score (nSPS) is 15.6. The minimum absolute atomic E-state index is 0.0146. The van der Waals surface area contributed by atoms with E-state index >= 15 is 0 Å². The fraction of sp³-hybridized carbons (Fsp3) is 0.250. The van der Waals surface area contributed by atoms with Crippen molar-refractivity contribution in [3.05, 3.63) is 84.4 Å². The zero-order chi connectivity index (χ0) is 24.4. The summed E-state index contributed by atoms with van der Waals surface area (Å²) in [7, 11) is -4.04. The predicted octanol–water partition coefficient (Wildman–Crippen LogP) is 3.88. The summed E-state index contributed by atoms with van der Waals surface area (Å²) in [4.78, 5) is 7.42. The molecular weight excluding hydrogens is 467 g/mol. The van der Waals surface area contributed by atoms with E-state index in [0.717, 1.165) is 29.3 Å². The Morgan fingerprint density at radius 1 is 1.03 bits per heavy atom. The first kappa shape index (κ1) is 23.7. The monoisotopic (exact) mass is 487 g/mol. The first-order chi connectivity index (χ1) is 16.1. The number of alkyl halides is 3. The lowest BCUT2D eigenvalue weighted by molar-refractivity contribution is -0.240. The molecule has 0 amide bonds. The maximum Gasteiger partial charge on any atom is 0.433 e. The SMILES string of the molecule is O=S(=O)(c1ccccc1)N(CC1CC1)c1cccc(C(O)(C#Cc2cncnc2)C(F)(F)F)c1. The van der Waals surface area contributed by atoms with Crippen LogP contribution in [0.2, 0.25) is 0 Å². The topological polar surface area (TPSA) is 83.4 Å². The molecule has 3 aromatic rings. The Hall–Kier alpha value is -3.42. The van der Waals surface area contributed by atoms with E-state index in [0.29, 0.717) is 0 Å². The maximum atomic E-state index is 14.0. The molecule has 4 rings (SSSR count). The molecule has 0 spiro atoms. The van der Waals surface area contributed by atoms with Crippen LogP contribution in [0.3, 0.4) is 0 Å². The van der Waals surface area contributed by atoms with Crippen LogP contribution in [0.25, 0.3) is 0 Å². The number of sulfonamides is 1. The van der Waals surface area contributed by atoms with Crippen LogP contribution in [0.5, 0.6) is 0 Å². The van der Waals surface area contributed by atoms with Crippen LogP contribution in [-0.2, 0) is 15.6 Å². The highest BCUT2D eigenvalue weighted by Crippen LogP contribution is 2.41. The zero-order valence-corrected chi connectivity index (χ0v) is 18.6. The molecule has 176 valence electrons. The average molecular weight is 488 g/mol. The average Bonchev–Trinajstić information content (AvgIpc) is 3.66. The van der Waals surface area contributed by atoms with Crippen LogP contribution < -0.4 is 4.31 Å². The van der Waals surface area contributed by atoms with Gasteiger partial charge < -0.3 is 5.11 Å². The molecule has 1 unspecified atom stereocenters. The zero-order valence-electron chi connectivity index (χ0n) is 17.8. The lowest BCUT2D eigenvalue weighted by Gasteiger charge is -2.29. The summed E-state index contributed by atoms with van der Waals surface area (Å²) in [6.45, 7) is 0.123. The predicted molar refractivity (Wildman–Crippen MR) is 119 cm³/mol. The van der Waals surface area contributed by atoms with E-state index in [1.165, 1.54) is 43.0 Å². The van der Waals surface area contributed by atoms with Gasteiger partial charge in [0.1, 0.15) is 6.33 Å². The molecule has 1 atom stereocenters. The molecule has 1 N–H and O–H groups in total. The highest BCUT2D eigenvalue weighted by atomic mass is 32.2. The molecule has 10 heteroatoms. The molecular formula is C24H20F3N3O3S. The van der Waals surface area contributed by atoms with Crippen molar-refractivity contribution in [1.29, 1.82) is 0 Å². The van der Waals surface area contributed by atoms with Gasteiger partial charge in [0.25, 0.3) is 10.0 Å². The number of nitrogens with zero attached hydrogens (tertiary/aromatic N) is 3. The first-order valence-corrected chi connectivity index (χ1v) is 11.8. The van der Waals surface area contributed by atoms with E-state index in [1.54, 1.807) is 18.2 Å². The van der Waals surface area contributed by atoms with E-state index in [-0.39, 0.29) is 28.6 Å². The summed E-state index contributed by atoms with van der Waals surface area (Å²) in [5.74, 6) is 4.26.